The molecule has 13 heteroatoms. The third kappa shape index (κ3) is 39.7. The summed E-state index contributed by atoms with van der Waals surface area (Å²) in [6.45, 7) is 2.12. The molecule has 0 aliphatic carbocycles. The van der Waals surface area contributed by atoms with Crippen LogP contribution in [0.1, 0.15) is 38.5 Å². The minimum atomic E-state index is -5.17. The predicted molar refractivity (Wildman–Crippen MR) is 115 cm³/mol. The van der Waals surface area contributed by atoms with Crippen LogP contribution >= 0.6 is 0 Å². The Hall–Kier alpha value is -1.35. The van der Waals surface area contributed by atoms with Crippen molar-refractivity contribution in [2.45, 2.75) is 50.6 Å². The van der Waals surface area contributed by atoms with E-state index in [0.717, 1.165) is 47.7 Å². The Balaban J connectivity index is -0.000000416. The van der Waals surface area contributed by atoms with Crippen molar-refractivity contribution in [3.63, 3.8) is 0 Å². The predicted octanol–water partition coefficient (Wildman–Crippen LogP) is -0.788. The van der Waals surface area contributed by atoms with Crippen LogP contribution in [0.3, 0.4) is 0 Å². The normalized spacial score (nSPS) is 13.7. The molecule has 0 radical (unpaired) electrons. The van der Waals surface area contributed by atoms with Crippen LogP contribution in [-0.4, -0.2) is 116 Å². The number of quaternary nitrogens is 2. The monoisotopic (exact) mass is 474 g/mol. The Labute approximate surface area is 186 Å². The molecule has 0 spiro atoms. The molecule has 0 saturated heterocycles. The number of carboxylic acids is 2. The van der Waals surface area contributed by atoms with Gasteiger partial charge in [0, 0.05) is 10.4 Å². The van der Waals surface area contributed by atoms with E-state index in [1.165, 1.54) is 0 Å². The van der Waals surface area contributed by atoms with Gasteiger partial charge in [0.1, 0.15) is 12.1 Å². The van der Waals surface area contributed by atoms with E-state index in [-0.39, 0.29) is 0 Å². The summed E-state index contributed by atoms with van der Waals surface area (Å²) >= 11 is 0. The van der Waals surface area contributed by atoms with Gasteiger partial charge in [0.05, 0.1) is 55.4 Å². The number of unbranched alkanes of at least 4 members (excludes halogenated alkanes) is 2. The molecule has 12 nitrogen and oxygen atoms in total. The van der Waals surface area contributed by atoms with Crippen molar-refractivity contribution in [1.82, 2.24) is 0 Å². The van der Waals surface area contributed by atoms with Gasteiger partial charge in [0.25, 0.3) is 0 Å². The molecule has 6 N–H and O–H groups in total. The molecule has 0 amide bonds. The van der Waals surface area contributed by atoms with Crippen LogP contribution in [-0.2, 0) is 20.0 Å². The molecule has 0 aromatic heterocycles. The highest BCUT2D eigenvalue weighted by atomic mass is 32.3. The van der Waals surface area contributed by atoms with Crippen molar-refractivity contribution in [3.8, 4) is 0 Å². The van der Waals surface area contributed by atoms with Crippen molar-refractivity contribution in [2.24, 2.45) is 11.5 Å². The van der Waals surface area contributed by atoms with Crippen molar-refractivity contribution >= 4 is 22.3 Å². The zero-order valence-corrected chi connectivity index (χ0v) is 20.4. The lowest BCUT2D eigenvalue weighted by atomic mass is 10.1. The zero-order chi connectivity index (χ0) is 25.5. The van der Waals surface area contributed by atoms with Crippen LogP contribution in [0.2, 0.25) is 0 Å². The summed E-state index contributed by atoms with van der Waals surface area (Å²) in [5, 5.41) is 17.0. The molecule has 188 valence electrons. The Morgan fingerprint density at radius 2 is 0.968 bits per heavy atom. The Bertz CT molecular complexity index is 555. The number of carbonyl (C=O) groups is 2. The first-order chi connectivity index (χ1) is 13.7. The number of aliphatic carboxylic acids is 2. The molecule has 0 aliphatic rings. The van der Waals surface area contributed by atoms with Gasteiger partial charge in [-0.2, -0.15) is 0 Å². The van der Waals surface area contributed by atoms with Gasteiger partial charge in [0.2, 0.25) is 0 Å². The van der Waals surface area contributed by atoms with Gasteiger partial charge in [-0.1, -0.05) is 0 Å². The number of rotatable bonds is 12. The molecule has 0 fully saturated rings. The van der Waals surface area contributed by atoms with E-state index in [4.69, 9.17) is 39.2 Å². The second-order valence-corrected chi connectivity index (χ2v) is 10.1. The third-order valence-corrected chi connectivity index (χ3v) is 3.82. The summed E-state index contributed by atoms with van der Waals surface area (Å²) in [5.41, 5.74) is 10.7. The molecule has 0 saturated carbocycles. The molecule has 0 rings (SSSR count). The van der Waals surface area contributed by atoms with Crippen LogP contribution in [0.4, 0.5) is 0 Å². The van der Waals surface area contributed by atoms with Crippen molar-refractivity contribution in [1.29, 1.82) is 0 Å². The van der Waals surface area contributed by atoms with E-state index in [1.807, 2.05) is 0 Å². The van der Waals surface area contributed by atoms with Gasteiger partial charge in [0.15, 0.2) is 0 Å². The first-order valence-electron chi connectivity index (χ1n) is 9.90. The molecule has 0 aliphatic heterocycles. The molecule has 0 unspecified atom stereocenters. The average molecular weight is 475 g/mol. The maximum absolute atomic E-state index is 10.4. The lowest BCUT2D eigenvalue weighted by Crippen LogP contribution is -2.35. The third-order valence-electron chi connectivity index (χ3n) is 3.82. The van der Waals surface area contributed by atoms with E-state index < -0.39 is 34.4 Å². The molecule has 0 heterocycles. The summed E-state index contributed by atoms with van der Waals surface area (Å²) in [4.78, 5) is 20.7. The number of hydrogen-bond acceptors (Lipinski definition) is 8. The van der Waals surface area contributed by atoms with Gasteiger partial charge in [-0.05, 0) is 38.5 Å². The van der Waals surface area contributed by atoms with E-state index in [1.54, 1.807) is 0 Å². The van der Waals surface area contributed by atoms with Crippen LogP contribution in [0.15, 0.2) is 0 Å². The zero-order valence-electron chi connectivity index (χ0n) is 19.6. The van der Waals surface area contributed by atoms with Gasteiger partial charge in [-0.15, -0.1) is 0 Å². The van der Waals surface area contributed by atoms with E-state index in [9.17, 15) is 9.59 Å². The second-order valence-electron chi connectivity index (χ2n) is 9.32. The first kappa shape index (κ1) is 34.3. The molecular formula is C18H42N4O8S. The molecule has 31 heavy (non-hydrogen) atoms. The average Bonchev–Trinajstić information content (AvgIpc) is 2.52. The molecule has 0 bridgehead atoms. The SMILES string of the molecule is C[N+](C)(C)CCCC[C@H](N)C(=O)O.C[N+](C)(C)CCCC[C@H](N)C(=O)O.O=S(=O)([O-])[O-]. The fourth-order valence-electron chi connectivity index (χ4n) is 2.15. The molecule has 2 atom stereocenters. The Morgan fingerprint density at radius 3 is 1.13 bits per heavy atom. The molecule has 0 aromatic carbocycles. The summed E-state index contributed by atoms with van der Waals surface area (Å²) in [6.07, 6.45) is 5.01. The molecular weight excluding hydrogens is 432 g/mol. The van der Waals surface area contributed by atoms with Crippen molar-refractivity contribution < 1.29 is 46.3 Å². The Kier molecular flexibility index (Phi) is 18.0. The molecule has 0 aromatic rings. The topological polar surface area (TPSA) is 207 Å². The maximum Gasteiger partial charge on any atom is 0.320 e. The highest BCUT2D eigenvalue weighted by Gasteiger charge is 2.13. The van der Waals surface area contributed by atoms with E-state index >= 15 is 0 Å². The maximum atomic E-state index is 10.4. The fraction of sp³-hybridized carbons (Fsp3) is 0.889. The quantitative estimate of drug-likeness (QED) is 0.120. The number of hydrogen-bond donors (Lipinski definition) is 4. The first-order valence-corrected chi connectivity index (χ1v) is 11.2. The second kappa shape index (κ2) is 16.3. The van der Waals surface area contributed by atoms with Gasteiger partial charge >= 0.3 is 11.9 Å². The fourth-order valence-corrected chi connectivity index (χ4v) is 2.15. The van der Waals surface area contributed by atoms with Crippen molar-refractivity contribution in [2.75, 3.05) is 55.4 Å². The standard InChI is InChI=1S/2C9H20N2O2.H2O4S/c2*1-11(2,3)7-5-4-6-8(10)9(12)13;1-5(2,3)4/h2*8H,4-7,10H2,1-3H3;(H2,1,2,3,4)/t2*8-;/m00./s1. The van der Waals surface area contributed by atoms with Gasteiger partial charge in [-0.25, -0.2) is 0 Å². The van der Waals surface area contributed by atoms with E-state index in [0.29, 0.717) is 12.8 Å². The lowest BCUT2D eigenvalue weighted by molar-refractivity contribution is -0.870. The smallest absolute Gasteiger partial charge is 0.320 e. The van der Waals surface area contributed by atoms with Crippen LogP contribution in [0, 0.1) is 0 Å². The van der Waals surface area contributed by atoms with Crippen LogP contribution in [0.25, 0.3) is 0 Å². The lowest BCUT2D eigenvalue weighted by Gasteiger charge is -2.23. The van der Waals surface area contributed by atoms with Crippen LogP contribution < -0.4 is 11.5 Å². The van der Waals surface area contributed by atoms with Crippen LogP contribution in [0.5, 0.6) is 0 Å². The Morgan fingerprint density at radius 1 is 0.742 bits per heavy atom. The summed E-state index contributed by atoms with van der Waals surface area (Å²) in [7, 11) is 7.57. The number of nitrogens with two attached hydrogens (primary N) is 2. The summed E-state index contributed by atoms with van der Waals surface area (Å²) < 4.78 is 35.9. The van der Waals surface area contributed by atoms with E-state index in [2.05, 4.69) is 42.3 Å². The highest BCUT2D eigenvalue weighted by Crippen LogP contribution is 2.03. The summed E-state index contributed by atoms with van der Waals surface area (Å²) in [5.74, 6) is -1.80. The van der Waals surface area contributed by atoms with Gasteiger partial charge in [-0.3, -0.25) is 18.0 Å². The van der Waals surface area contributed by atoms with Crippen molar-refractivity contribution in [3.05, 3.63) is 0 Å². The minimum absolute atomic E-state index is 0.579. The van der Waals surface area contributed by atoms with Gasteiger partial charge < -0.3 is 39.8 Å². The number of nitrogens with zero attached hydrogens (tertiary/aromatic N) is 2. The highest BCUT2D eigenvalue weighted by molar-refractivity contribution is 7.79. The number of carboxylic acid groups (broad SMARTS) is 2. The minimum Gasteiger partial charge on any atom is -0.759 e. The summed E-state index contributed by atoms with van der Waals surface area (Å²) in [6, 6.07) is -1.38. The largest absolute Gasteiger partial charge is 0.759 e.